The molecule has 0 spiro atoms. The minimum Gasteiger partial charge on any atom is -0.496 e. The van der Waals surface area contributed by atoms with Gasteiger partial charge in [0, 0.05) is 24.4 Å². The predicted molar refractivity (Wildman–Crippen MR) is 102 cm³/mol. The number of methoxy groups -OCH3 is 1. The van der Waals surface area contributed by atoms with Crippen molar-refractivity contribution in [1.29, 1.82) is 0 Å². The molecule has 2 aromatic heterocycles. The SMILES string of the molecule is COc1ccccc1CNc1cc(C(=O)NCc2ccccn2)nc(C)n1. The molecule has 0 bridgehead atoms. The van der Waals surface area contributed by atoms with Crippen molar-refractivity contribution in [2.75, 3.05) is 12.4 Å². The van der Waals surface area contributed by atoms with Crippen LogP contribution in [-0.2, 0) is 13.1 Å². The molecule has 3 aromatic rings. The molecule has 138 valence electrons. The summed E-state index contributed by atoms with van der Waals surface area (Å²) >= 11 is 0. The fraction of sp³-hybridized carbons (Fsp3) is 0.200. The van der Waals surface area contributed by atoms with E-state index in [1.807, 2.05) is 42.5 Å². The van der Waals surface area contributed by atoms with Gasteiger partial charge in [0.25, 0.3) is 5.91 Å². The molecule has 7 heteroatoms. The summed E-state index contributed by atoms with van der Waals surface area (Å²) in [4.78, 5) is 25.2. The molecule has 0 radical (unpaired) electrons. The number of aryl methyl sites for hydroxylation is 1. The Kier molecular flexibility index (Phi) is 5.94. The molecule has 0 saturated carbocycles. The highest BCUT2D eigenvalue weighted by Gasteiger charge is 2.11. The molecule has 7 nitrogen and oxygen atoms in total. The molecule has 27 heavy (non-hydrogen) atoms. The van der Waals surface area contributed by atoms with E-state index in [1.54, 1.807) is 26.3 Å². The first-order valence-electron chi connectivity index (χ1n) is 8.55. The van der Waals surface area contributed by atoms with Crippen molar-refractivity contribution >= 4 is 11.7 Å². The first-order chi connectivity index (χ1) is 13.2. The third-order valence-corrected chi connectivity index (χ3v) is 3.88. The Balaban J connectivity index is 1.67. The zero-order chi connectivity index (χ0) is 19.1. The summed E-state index contributed by atoms with van der Waals surface area (Å²) in [7, 11) is 1.64. The predicted octanol–water partition coefficient (Wildman–Crippen LogP) is 2.73. The molecule has 0 aliphatic rings. The molecule has 0 unspecified atom stereocenters. The van der Waals surface area contributed by atoms with E-state index in [4.69, 9.17) is 4.74 Å². The van der Waals surface area contributed by atoms with E-state index >= 15 is 0 Å². The summed E-state index contributed by atoms with van der Waals surface area (Å²) in [6.45, 7) is 2.62. The van der Waals surface area contributed by atoms with Crippen LogP contribution in [0.5, 0.6) is 5.75 Å². The van der Waals surface area contributed by atoms with Gasteiger partial charge in [0.1, 0.15) is 23.1 Å². The van der Waals surface area contributed by atoms with Gasteiger partial charge in [-0.3, -0.25) is 9.78 Å². The number of rotatable bonds is 7. The summed E-state index contributed by atoms with van der Waals surface area (Å²) in [6.07, 6.45) is 1.69. The maximum Gasteiger partial charge on any atom is 0.270 e. The number of hydrogen-bond acceptors (Lipinski definition) is 6. The second-order valence-corrected chi connectivity index (χ2v) is 5.85. The molecule has 3 rings (SSSR count). The average Bonchev–Trinajstić information content (AvgIpc) is 2.71. The van der Waals surface area contributed by atoms with Crippen molar-refractivity contribution in [1.82, 2.24) is 20.3 Å². The standard InChI is InChI=1S/C20H21N5O2/c1-14-24-17(20(26)23-13-16-8-5-6-10-21-16)11-19(25-14)22-12-15-7-3-4-9-18(15)27-2/h3-11H,12-13H2,1-2H3,(H,23,26)(H,22,24,25). The second-order valence-electron chi connectivity index (χ2n) is 5.85. The number of para-hydroxylation sites is 1. The smallest absolute Gasteiger partial charge is 0.270 e. The molecule has 0 aliphatic heterocycles. The minimum absolute atomic E-state index is 0.272. The Labute approximate surface area is 157 Å². The van der Waals surface area contributed by atoms with Gasteiger partial charge in [0.15, 0.2) is 0 Å². The number of nitrogens with one attached hydrogen (secondary N) is 2. The quantitative estimate of drug-likeness (QED) is 0.671. The molecule has 2 N–H and O–H groups in total. The zero-order valence-electron chi connectivity index (χ0n) is 15.3. The van der Waals surface area contributed by atoms with Gasteiger partial charge in [-0.2, -0.15) is 0 Å². The van der Waals surface area contributed by atoms with E-state index in [0.717, 1.165) is 17.0 Å². The van der Waals surface area contributed by atoms with Gasteiger partial charge in [0.2, 0.25) is 0 Å². The van der Waals surface area contributed by atoms with Crippen LogP contribution in [0.4, 0.5) is 5.82 Å². The largest absolute Gasteiger partial charge is 0.496 e. The lowest BCUT2D eigenvalue weighted by molar-refractivity contribution is 0.0945. The molecule has 0 fully saturated rings. The molecule has 0 saturated heterocycles. The van der Waals surface area contributed by atoms with Crippen LogP contribution in [0, 0.1) is 6.92 Å². The fourth-order valence-electron chi connectivity index (χ4n) is 2.57. The van der Waals surface area contributed by atoms with Gasteiger partial charge in [-0.15, -0.1) is 0 Å². The molecule has 1 amide bonds. The maximum atomic E-state index is 12.4. The maximum absolute atomic E-state index is 12.4. The van der Waals surface area contributed by atoms with Crippen LogP contribution in [-0.4, -0.2) is 28.0 Å². The Morgan fingerprint density at radius 1 is 1.07 bits per heavy atom. The van der Waals surface area contributed by atoms with Crippen molar-refractivity contribution < 1.29 is 9.53 Å². The van der Waals surface area contributed by atoms with Crippen LogP contribution in [0.3, 0.4) is 0 Å². The van der Waals surface area contributed by atoms with Crippen molar-refractivity contribution in [2.24, 2.45) is 0 Å². The first-order valence-corrected chi connectivity index (χ1v) is 8.55. The van der Waals surface area contributed by atoms with E-state index in [0.29, 0.717) is 30.4 Å². The normalized spacial score (nSPS) is 10.3. The van der Waals surface area contributed by atoms with Gasteiger partial charge in [-0.25, -0.2) is 9.97 Å². The van der Waals surface area contributed by atoms with Crippen LogP contribution in [0.1, 0.15) is 27.6 Å². The Hall–Kier alpha value is -3.48. The van der Waals surface area contributed by atoms with Gasteiger partial charge in [-0.05, 0) is 25.1 Å². The number of anilines is 1. The van der Waals surface area contributed by atoms with Crippen LogP contribution in [0.2, 0.25) is 0 Å². The van der Waals surface area contributed by atoms with Crippen molar-refractivity contribution in [3.63, 3.8) is 0 Å². The fourth-order valence-corrected chi connectivity index (χ4v) is 2.57. The minimum atomic E-state index is -0.272. The Bertz CT molecular complexity index is 915. The summed E-state index contributed by atoms with van der Waals surface area (Å²) in [5.41, 5.74) is 2.09. The third kappa shape index (κ3) is 5.01. The van der Waals surface area contributed by atoms with Crippen LogP contribution >= 0.6 is 0 Å². The highest BCUT2D eigenvalue weighted by atomic mass is 16.5. The molecular weight excluding hydrogens is 342 g/mol. The van der Waals surface area contributed by atoms with Gasteiger partial charge < -0.3 is 15.4 Å². The molecular formula is C20H21N5O2. The van der Waals surface area contributed by atoms with Crippen LogP contribution in [0.25, 0.3) is 0 Å². The molecule has 2 heterocycles. The lowest BCUT2D eigenvalue weighted by atomic mass is 10.2. The van der Waals surface area contributed by atoms with E-state index in [9.17, 15) is 4.79 Å². The number of carbonyl (C=O) groups excluding carboxylic acids is 1. The topological polar surface area (TPSA) is 89.0 Å². The summed E-state index contributed by atoms with van der Waals surface area (Å²) in [6, 6.07) is 14.9. The highest BCUT2D eigenvalue weighted by Crippen LogP contribution is 2.18. The van der Waals surface area contributed by atoms with Crippen LogP contribution < -0.4 is 15.4 Å². The number of hydrogen-bond donors (Lipinski definition) is 2. The number of aromatic nitrogens is 3. The lowest BCUT2D eigenvalue weighted by Gasteiger charge is -2.11. The van der Waals surface area contributed by atoms with E-state index in [-0.39, 0.29) is 5.91 Å². The Morgan fingerprint density at radius 2 is 1.89 bits per heavy atom. The van der Waals surface area contributed by atoms with Gasteiger partial charge in [0.05, 0.1) is 19.3 Å². The first kappa shape index (κ1) is 18.3. The average molecular weight is 363 g/mol. The Morgan fingerprint density at radius 3 is 2.67 bits per heavy atom. The second kappa shape index (κ2) is 8.75. The third-order valence-electron chi connectivity index (χ3n) is 3.88. The lowest BCUT2D eigenvalue weighted by Crippen LogP contribution is -2.25. The number of benzene rings is 1. The zero-order valence-corrected chi connectivity index (χ0v) is 15.3. The number of nitrogens with zero attached hydrogens (tertiary/aromatic N) is 3. The van der Waals surface area contributed by atoms with Gasteiger partial charge in [-0.1, -0.05) is 24.3 Å². The van der Waals surface area contributed by atoms with E-state index < -0.39 is 0 Å². The van der Waals surface area contributed by atoms with Crippen molar-refractivity contribution in [3.05, 3.63) is 77.5 Å². The summed E-state index contributed by atoms with van der Waals surface area (Å²) in [5, 5.41) is 6.04. The summed E-state index contributed by atoms with van der Waals surface area (Å²) in [5.74, 6) is 1.62. The number of amides is 1. The number of carbonyl (C=O) groups is 1. The van der Waals surface area contributed by atoms with Crippen LogP contribution in [0.15, 0.2) is 54.7 Å². The number of ether oxygens (including phenoxy) is 1. The molecule has 1 aromatic carbocycles. The van der Waals surface area contributed by atoms with Gasteiger partial charge >= 0.3 is 0 Å². The monoisotopic (exact) mass is 363 g/mol. The number of pyridine rings is 1. The van der Waals surface area contributed by atoms with E-state index in [2.05, 4.69) is 25.6 Å². The highest BCUT2D eigenvalue weighted by molar-refractivity contribution is 5.92. The van der Waals surface area contributed by atoms with Crippen molar-refractivity contribution in [3.8, 4) is 5.75 Å². The molecule has 0 aliphatic carbocycles. The summed E-state index contributed by atoms with van der Waals surface area (Å²) < 4.78 is 5.35. The van der Waals surface area contributed by atoms with E-state index in [1.165, 1.54) is 0 Å². The molecule has 0 atom stereocenters. The van der Waals surface area contributed by atoms with Crippen molar-refractivity contribution in [2.45, 2.75) is 20.0 Å².